The number of hydrogen-bond donors (Lipinski definition) is 3. The fourth-order valence-electron chi connectivity index (χ4n) is 9.73. The van der Waals surface area contributed by atoms with Crippen molar-refractivity contribution in [2.24, 2.45) is 34.7 Å². The SMILES string of the molecule is C#CCCN(C)[C@H]1C[C@@H](C)OC(O[C@@H]2C(C)[C@H](OC3C[C@@](C)(OC)[C@@H](OC(C)=O)[C@H](C)O3)[C@@H](C)C(=O)O[C@H](CC)[C@@](C)(O)[C@H](O)[C@@H](C)/C(=N/OC(C)=O)[C@H](C)C[C@@]2(C)O)[C@@H]1C. The van der Waals surface area contributed by atoms with Gasteiger partial charge in [0.15, 0.2) is 18.7 Å². The summed E-state index contributed by atoms with van der Waals surface area (Å²) in [6, 6.07) is 0.0123. The van der Waals surface area contributed by atoms with E-state index in [0.717, 1.165) is 0 Å². The average Bonchev–Trinajstić information content (AvgIpc) is 3.17. The quantitative estimate of drug-likeness (QED) is 0.114. The molecular formula is C45H76N2O14. The van der Waals surface area contributed by atoms with Gasteiger partial charge in [0, 0.05) is 70.1 Å². The zero-order valence-electron chi connectivity index (χ0n) is 39.2. The molecule has 3 saturated heterocycles. The third-order valence-electron chi connectivity index (χ3n) is 13.3. The molecule has 0 aromatic heterocycles. The summed E-state index contributed by atoms with van der Waals surface area (Å²) in [6.45, 7) is 22.2. The molecule has 3 N–H and O–H groups in total. The van der Waals surface area contributed by atoms with Crippen LogP contribution in [0.4, 0.5) is 0 Å². The van der Waals surface area contributed by atoms with Gasteiger partial charge in [-0.3, -0.25) is 9.59 Å². The number of hydrogen-bond acceptors (Lipinski definition) is 16. The number of oxime groups is 1. The number of esters is 2. The lowest BCUT2D eigenvalue weighted by molar-refractivity contribution is -0.314. The number of methoxy groups -OCH3 is 1. The van der Waals surface area contributed by atoms with Gasteiger partial charge in [-0.25, -0.2) is 4.79 Å². The van der Waals surface area contributed by atoms with Crippen molar-refractivity contribution in [3.8, 4) is 12.3 Å². The van der Waals surface area contributed by atoms with Crippen LogP contribution in [-0.2, 0) is 52.4 Å². The molecule has 3 unspecified atom stereocenters. The van der Waals surface area contributed by atoms with Crippen molar-refractivity contribution in [3.05, 3.63) is 0 Å². The Hall–Kier alpha value is -2.72. The van der Waals surface area contributed by atoms with Gasteiger partial charge in [-0.05, 0) is 67.9 Å². The predicted octanol–water partition coefficient (Wildman–Crippen LogP) is 4.38. The second-order valence-electron chi connectivity index (χ2n) is 18.6. The standard InChI is InChI=1S/C45H76N2O14/c1-17-19-20-47(15)33-21-25(4)55-42(26(33)5)60-39-28(7)37(59-35-23-44(13,54-16)40(30(9)56-35)57-31(10)48)29(8)41(51)58-34(18-2)45(14,53)38(50)27(6)36(46-61-32(11)49)24(3)22-43(39,12)52/h1,24-30,33-35,37-40,42,50,52-53H,18-23H2,2-16H3/b46-36+/t24-,25-,26-,27+,28?,29-,30+,33+,34-,35?,37+,38-,39-,40+,42?,43-,44-,45-/m1/s1. The lowest BCUT2D eigenvalue weighted by Gasteiger charge is -2.50. The van der Waals surface area contributed by atoms with Gasteiger partial charge in [0.25, 0.3) is 0 Å². The topological polar surface area (TPSA) is 201 Å². The second kappa shape index (κ2) is 21.8. The van der Waals surface area contributed by atoms with E-state index < -0.39 is 108 Å². The number of cyclic esters (lactones) is 1. The molecule has 16 heteroatoms. The smallest absolute Gasteiger partial charge is 0.331 e. The molecule has 350 valence electrons. The van der Waals surface area contributed by atoms with Gasteiger partial charge in [-0.1, -0.05) is 39.8 Å². The highest BCUT2D eigenvalue weighted by Crippen LogP contribution is 2.42. The van der Waals surface area contributed by atoms with E-state index in [1.165, 1.54) is 27.9 Å². The molecule has 3 rings (SSSR count). The van der Waals surface area contributed by atoms with Crippen LogP contribution in [-0.4, -0.2) is 143 Å². The molecule has 3 aliphatic heterocycles. The molecule has 61 heavy (non-hydrogen) atoms. The van der Waals surface area contributed by atoms with Crippen molar-refractivity contribution in [1.82, 2.24) is 4.90 Å². The first-order valence-corrected chi connectivity index (χ1v) is 21.8. The lowest BCUT2D eigenvalue weighted by atomic mass is 9.73. The van der Waals surface area contributed by atoms with E-state index in [1.807, 2.05) is 27.8 Å². The molecule has 0 bridgehead atoms. The van der Waals surface area contributed by atoms with Crippen molar-refractivity contribution in [1.29, 1.82) is 0 Å². The van der Waals surface area contributed by atoms with E-state index in [0.29, 0.717) is 19.4 Å². The largest absolute Gasteiger partial charge is 0.459 e. The van der Waals surface area contributed by atoms with Crippen LogP contribution in [0.15, 0.2) is 5.16 Å². The molecule has 16 nitrogen and oxygen atoms in total. The maximum Gasteiger partial charge on any atom is 0.331 e. The number of nitrogens with zero attached hydrogens (tertiary/aromatic N) is 2. The summed E-state index contributed by atoms with van der Waals surface area (Å²) in [5.41, 5.74) is -4.63. The molecule has 3 fully saturated rings. The van der Waals surface area contributed by atoms with Gasteiger partial charge < -0.3 is 58.2 Å². The summed E-state index contributed by atoms with van der Waals surface area (Å²) in [5.74, 6) is -2.95. The van der Waals surface area contributed by atoms with E-state index in [1.54, 1.807) is 48.5 Å². The van der Waals surface area contributed by atoms with E-state index in [4.69, 9.17) is 44.4 Å². The summed E-state index contributed by atoms with van der Waals surface area (Å²) >= 11 is 0. The highest BCUT2D eigenvalue weighted by atomic mass is 16.7. The molecule has 0 saturated carbocycles. The average molecular weight is 869 g/mol. The fourth-order valence-corrected chi connectivity index (χ4v) is 9.73. The number of carbonyl (C=O) groups excluding carboxylic acids is 3. The minimum atomic E-state index is -2.01. The molecule has 0 aliphatic carbocycles. The zero-order valence-corrected chi connectivity index (χ0v) is 39.2. The summed E-state index contributed by atoms with van der Waals surface area (Å²) in [7, 11) is 3.52. The lowest BCUT2D eigenvalue weighted by Crippen LogP contribution is -2.61. The second-order valence-corrected chi connectivity index (χ2v) is 18.6. The highest BCUT2D eigenvalue weighted by Gasteiger charge is 2.54. The van der Waals surface area contributed by atoms with Gasteiger partial charge >= 0.3 is 17.9 Å². The van der Waals surface area contributed by atoms with Gasteiger partial charge in [0.1, 0.15) is 17.3 Å². The summed E-state index contributed by atoms with van der Waals surface area (Å²) in [5, 5.41) is 40.8. The molecular weight excluding hydrogens is 792 g/mol. The van der Waals surface area contributed by atoms with Crippen LogP contribution in [0.5, 0.6) is 0 Å². The molecule has 3 heterocycles. The van der Waals surface area contributed by atoms with Gasteiger partial charge in [0.05, 0.1) is 47.8 Å². The fraction of sp³-hybridized carbons (Fsp3) is 0.867. The van der Waals surface area contributed by atoms with Gasteiger partial charge in [0.2, 0.25) is 0 Å². The Morgan fingerprint density at radius 1 is 0.951 bits per heavy atom. The number of aliphatic hydroxyl groups excluding tert-OH is 1. The minimum absolute atomic E-state index is 0.0123. The maximum atomic E-state index is 14.5. The zero-order chi connectivity index (χ0) is 46.4. The van der Waals surface area contributed by atoms with Crippen LogP contribution >= 0.6 is 0 Å². The molecule has 0 amide bonds. The Kier molecular flexibility index (Phi) is 18.8. The Balaban J connectivity index is 2.27. The van der Waals surface area contributed by atoms with Crippen LogP contribution in [0.25, 0.3) is 0 Å². The third kappa shape index (κ3) is 12.7. The first kappa shape index (κ1) is 52.6. The number of carbonyl (C=O) groups is 3. The van der Waals surface area contributed by atoms with Gasteiger partial charge in [-0.15, -0.1) is 12.3 Å². The minimum Gasteiger partial charge on any atom is -0.459 e. The Morgan fingerprint density at radius 2 is 1.59 bits per heavy atom. The van der Waals surface area contributed by atoms with Crippen LogP contribution in [0.2, 0.25) is 0 Å². The number of terminal acetylenes is 1. The first-order valence-electron chi connectivity index (χ1n) is 21.8. The van der Waals surface area contributed by atoms with Crippen molar-refractivity contribution in [3.63, 3.8) is 0 Å². The van der Waals surface area contributed by atoms with E-state index in [9.17, 15) is 29.7 Å². The number of aliphatic hydroxyl groups is 3. The van der Waals surface area contributed by atoms with E-state index >= 15 is 0 Å². The first-order chi connectivity index (χ1) is 28.3. The van der Waals surface area contributed by atoms with Crippen molar-refractivity contribution in [2.75, 3.05) is 20.7 Å². The number of rotatable bonds is 11. The van der Waals surface area contributed by atoms with E-state index in [2.05, 4.69) is 16.0 Å². The Morgan fingerprint density at radius 3 is 2.15 bits per heavy atom. The molecule has 0 spiro atoms. The van der Waals surface area contributed by atoms with Gasteiger partial charge in [-0.2, -0.15) is 0 Å². The molecule has 18 atom stereocenters. The van der Waals surface area contributed by atoms with Crippen LogP contribution in [0.3, 0.4) is 0 Å². The molecule has 3 aliphatic rings. The van der Waals surface area contributed by atoms with Crippen LogP contribution in [0.1, 0.15) is 122 Å². The number of ether oxygens (including phenoxy) is 7. The molecule has 0 aromatic rings. The summed E-state index contributed by atoms with van der Waals surface area (Å²) in [6.07, 6.45) is -1.45. The normalized spacial score (nSPS) is 43.8. The predicted molar refractivity (Wildman–Crippen MR) is 226 cm³/mol. The van der Waals surface area contributed by atoms with E-state index in [-0.39, 0.29) is 43.0 Å². The Bertz CT molecular complexity index is 1550. The van der Waals surface area contributed by atoms with Crippen molar-refractivity contribution < 1.29 is 67.7 Å². The molecule has 0 radical (unpaired) electrons. The van der Waals surface area contributed by atoms with Crippen LogP contribution in [0, 0.1) is 41.9 Å². The maximum absolute atomic E-state index is 14.5. The molecule has 0 aromatic carbocycles. The third-order valence-corrected chi connectivity index (χ3v) is 13.3. The summed E-state index contributed by atoms with van der Waals surface area (Å²) < 4.78 is 44.4. The van der Waals surface area contributed by atoms with Crippen molar-refractivity contribution >= 4 is 23.6 Å². The summed E-state index contributed by atoms with van der Waals surface area (Å²) in [4.78, 5) is 46.0. The van der Waals surface area contributed by atoms with Crippen LogP contribution < -0.4 is 0 Å². The van der Waals surface area contributed by atoms with Crippen molar-refractivity contribution in [2.45, 2.75) is 200 Å². The highest BCUT2D eigenvalue weighted by molar-refractivity contribution is 5.89. The Labute approximate surface area is 363 Å². The monoisotopic (exact) mass is 869 g/mol.